The molecule has 0 aliphatic carbocycles. The molecular formula is C14H15N5S. The lowest BCUT2D eigenvalue weighted by molar-refractivity contribution is 0.675. The van der Waals surface area contributed by atoms with E-state index in [0.717, 1.165) is 28.5 Å². The van der Waals surface area contributed by atoms with E-state index < -0.39 is 0 Å². The third-order valence-electron chi connectivity index (χ3n) is 2.91. The predicted octanol–water partition coefficient (Wildman–Crippen LogP) is 2.53. The van der Waals surface area contributed by atoms with Gasteiger partial charge in [0.25, 0.3) is 0 Å². The highest BCUT2D eigenvalue weighted by Crippen LogP contribution is 2.19. The zero-order valence-corrected chi connectivity index (χ0v) is 11.9. The van der Waals surface area contributed by atoms with Crippen molar-refractivity contribution in [3.8, 4) is 11.3 Å². The number of benzene rings is 1. The van der Waals surface area contributed by atoms with Crippen molar-refractivity contribution < 1.29 is 0 Å². The fraction of sp³-hybridized carbons (Fsp3) is 0.214. The van der Waals surface area contributed by atoms with Crippen molar-refractivity contribution in [1.82, 2.24) is 25.7 Å². The van der Waals surface area contributed by atoms with Crippen LogP contribution in [0.4, 0.5) is 0 Å². The van der Waals surface area contributed by atoms with Gasteiger partial charge in [0.15, 0.2) is 0 Å². The van der Waals surface area contributed by atoms with E-state index in [1.165, 1.54) is 4.88 Å². The van der Waals surface area contributed by atoms with Crippen molar-refractivity contribution in [2.45, 2.75) is 20.0 Å². The van der Waals surface area contributed by atoms with Gasteiger partial charge in [-0.05, 0) is 6.92 Å². The molecule has 0 atom stereocenters. The lowest BCUT2D eigenvalue weighted by Crippen LogP contribution is -2.13. The summed E-state index contributed by atoms with van der Waals surface area (Å²) in [6.45, 7) is 3.48. The molecule has 2 N–H and O–H groups in total. The number of aromatic nitrogens is 4. The average molecular weight is 285 g/mol. The second-order valence-corrected chi connectivity index (χ2v) is 5.77. The molecule has 20 heavy (non-hydrogen) atoms. The van der Waals surface area contributed by atoms with Crippen LogP contribution in [-0.2, 0) is 13.1 Å². The van der Waals surface area contributed by atoms with Gasteiger partial charge in [-0.1, -0.05) is 30.3 Å². The molecule has 6 heteroatoms. The van der Waals surface area contributed by atoms with Crippen LogP contribution in [0.25, 0.3) is 11.3 Å². The van der Waals surface area contributed by atoms with Gasteiger partial charge in [0, 0.05) is 29.7 Å². The molecular weight excluding hydrogens is 270 g/mol. The van der Waals surface area contributed by atoms with E-state index >= 15 is 0 Å². The summed E-state index contributed by atoms with van der Waals surface area (Å²) in [6.07, 6.45) is 1.90. The minimum atomic E-state index is 0.666. The number of H-pyrrole nitrogens is 1. The third-order valence-corrected chi connectivity index (χ3v) is 3.82. The third kappa shape index (κ3) is 2.92. The van der Waals surface area contributed by atoms with Crippen LogP contribution in [0.1, 0.15) is 15.6 Å². The van der Waals surface area contributed by atoms with Gasteiger partial charge in [-0.15, -0.1) is 11.3 Å². The Morgan fingerprint density at radius 2 is 2.00 bits per heavy atom. The number of nitrogens with zero attached hydrogens (tertiary/aromatic N) is 3. The van der Waals surface area contributed by atoms with E-state index in [-0.39, 0.29) is 0 Å². The zero-order valence-electron chi connectivity index (χ0n) is 11.1. The number of aromatic amines is 1. The number of rotatable bonds is 5. The summed E-state index contributed by atoms with van der Waals surface area (Å²) in [5, 5.41) is 15.6. The summed E-state index contributed by atoms with van der Waals surface area (Å²) in [7, 11) is 0. The fourth-order valence-electron chi connectivity index (χ4n) is 1.97. The van der Waals surface area contributed by atoms with Gasteiger partial charge < -0.3 is 5.32 Å². The molecule has 0 radical (unpaired) electrons. The van der Waals surface area contributed by atoms with Crippen molar-refractivity contribution in [2.75, 3.05) is 0 Å². The van der Waals surface area contributed by atoms with E-state index in [2.05, 4.69) is 32.6 Å². The molecule has 0 spiro atoms. The van der Waals surface area contributed by atoms with E-state index in [1.807, 2.05) is 36.5 Å². The molecule has 102 valence electrons. The Hall–Kier alpha value is -2.05. The number of hydrogen-bond donors (Lipinski definition) is 2. The molecule has 0 aliphatic rings. The topological polar surface area (TPSA) is 66.5 Å². The molecule has 2 heterocycles. The highest BCUT2D eigenvalue weighted by Gasteiger charge is 2.09. The van der Waals surface area contributed by atoms with Crippen LogP contribution in [0, 0.1) is 6.92 Å². The largest absolute Gasteiger partial charge is 0.305 e. The number of aryl methyl sites for hydroxylation is 1. The maximum absolute atomic E-state index is 4.33. The SMILES string of the molecule is Cc1cnc(CNCc2n[nH]nc2-c2ccccc2)s1. The van der Waals surface area contributed by atoms with Crippen LogP contribution < -0.4 is 5.32 Å². The highest BCUT2D eigenvalue weighted by atomic mass is 32.1. The molecule has 3 aromatic rings. The molecule has 0 aliphatic heterocycles. The van der Waals surface area contributed by atoms with Gasteiger partial charge >= 0.3 is 0 Å². The minimum Gasteiger partial charge on any atom is -0.305 e. The van der Waals surface area contributed by atoms with Crippen LogP contribution >= 0.6 is 11.3 Å². The monoisotopic (exact) mass is 285 g/mol. The van der Waals surface area contributed by atoms with Gasteiger partial charge in [-0.3, -0.25) is 0 Å². The van der Waals surface area contributed by atoms with E-state index in [1.54, 1.807) is 11.3 Å². The van der Waals surface area contributed by atoms with Crippen molar-refractivity contribution >= 4 is 11.3 Å². The summed E-state index contributed by atoms with van der Waals surface area (Å²) >= 11 is 1.71. The Morgan fingerprint density at radius 1 is 1.15 bits per heavy atom. The minimum absolute atomic E-state index is 0.666. The summed E-state index contributed by atoms with van der Waals surface area (Å²) in [5.74, 6) is 0. The second kappa shape index (κ2) is 5.94. The van der Waals surface area contributed by atoms with Crippen molar-refractivity contribution in [3.63, 3.8) is 0 Å². The van der Waals surface area contributed by atoms with E-state index in [9.17, 15) is 0 Å². The quantitative estimate of drug-likeness (QED) is 0.756. The Bertz CT molecular complexity index is 674. The van der Waals surface area contributed by atoms with Gasteiger partial charge in [0.1, 0.15) is 16.4 Å². The molecule has 3 rings (SSSR count). The lowest BCUT2D eigenvalue weighted by atomic mass is 10.1. The standard InChI is InChI=1S/C14H15N5S/c1-10-7-16-13(20-10)9-15-8-12-14(18-19-17-12)11-5-3-2-4-6-11/h2-7,15H,8-9H2,1H3,(H,17,18,19). The summed E-state index contributed by atoms with van der Waals surface area (Å²) < 4.78 is 0. The predicted molar refractivity (Wildman–Crippen MR) is 79.2 cm³/mol. The van der Waals surface area contributed by atoms with Gasteiger partial charge in [-0.2, -0.15) is 15.4 Å². The molecule has 0 fully saturated rings. The summed E-state index contributed by atoms with van der Waals surface area (Å²) in [4.78, 5) is 5.56. The first-order valence-corrected chi connectivity index (χ1v) is 7.21. The molecule has 0 bridgehead atoms. The highest BCUT2D eigenvalue weighted by molar-refractivity contribution is 7.11. The molecule has 0 amide bonds. The van der Waals surface area contributed by atoms with Crippen molar-refractivity contribution in [3.05, 3.63) is 52.1 Å². The Balaban J connectivity index is 1.65. The molecule has 0 saturated heterocycles. The normalized spacial score (nSPS) is 10.8. The van der Waals surface area contributed by atoms with Gasteiger partial charge in [0.05, 0.1) is 0 Å². The molecule has 2 aromatic heterocycles. The van der Waals surface area contributed by atoms with Gasteiger partial charge in [-0.25, -0.2) is 4.98 Å². The number of hydrogen-bond acceptors (Lipinski definition) is 5. The number of nitrogens with one attached hydrogen (secondary N) is 2. The van der Waals surface area contributed by atoms with Crippen molar-refractivity contribution in [2.24, 2.45) is 0 Å². The van der Waals surface area contributed by atoms with E-state index in [0.29, 0.717) is 6.54 Å². The average Bonchev–Trinajstić information content (AvgIpc) is 3.09. The smallest absolute Gasteiger partial charge is 0.117 e. The van der Waals surface area contributed by atoms with Crippen LogP contribution in [0.3, 0.4) is 0 Å². The Kier molecular flexibility index (Phi) is 3.85. The first-order chi connectivity index (χ1) is 9.83. The molecule has 5 nitrogen and oxygen atoms in total. The zero-order chi connectivity index (χ0) is 13.8. The van der Waals surface area contributed by atoms with Crippen LogP contribution in [0.15, 0.2) is 36.5 Å². The lowest BCUT2D eigenvalue weighted by Gasteiger charge is -2.02. The van der Waals surface area contributed by atoms with Gasteiger partial charge in [0.2, 0.25) is 0 Å². The molecule has 0 unspecified atom stereocenters. The van der Waals surface area contributed by atoms with Crippen LogP contribution in [0.2, 0.25) is 0 Å². The van der Waals surface area contributed by atoms with Crippen LogP contribution in [-0.4, -0.2) is 20.4 Å². The summed E-state index contributed by atoms with van der Waals surface area (Å²) in [6, 6.07) is 10.1. The van der Waals surface area contributed by atoms with Crippen molar-refractivity contribution in [1.29, 1.82) is 0 Å². The maximum atomic E-state index is 4.33. The summed E-state index contributed by atoms with van der Waals surface area (Å²) in [5.41, 5.74) is 2.89. The Labute approximate surface area is 121 Å². The van der Waals surface area contributed by atoms with E-state index in [4.69, 9.17) is 0 Å². The molecule has 1 aromatic carbocycles. The fourth-order valence-corrected chi connectivity index (χ4v) is 2.73. The first kappa shape index (κ1) is 13.0. The van der Waals surface area contributed by atoms with Crippen LogP contribution in [0.5, 0.6) is 0 Å². The Morgan fingerprint density at radius 3 is 2.75 bits per heavy atom. The number of thiazole rings is 1. The maximum Gasteiger partial charge on any atom is 0.117 e. The second-order valence-electron chi connectivity index (χ2n) is 4.45. The first-order valence-electron chi connectivity index (χ1n) is 6.40. The molecule has 0 saturated carbocycles.